The zero-order chi connectivity index (χ0) is 10.4. The molecule has 0 unspecified atom stereocenters. The second-order valence-corrected chi connectivity index (χ2v) is 2.47. The highest BCUT2D eigenvalue weighted by Gasteiger charge is 1.93. The zero-order valence-corrected chi connectivity index (χ0v) is 8.38. The minimum atomic E-state index is 0.269. The lowest BCUT2D eigenvalue weighted by atomic mass is 10.3. The van der Waals surface area contributed by atoms with Crippen molar-refractivity contribution in [2.24, 2.45) is 0 Å². The van der Waals surface area contributed by atoms with Crippen molar-refractivity contribution in [3.8, 4) is 11.4 Å². The summed E-state index contributed by atoms with van der Waals surface area (Å²) in [6.45, 7) is 4.00. The van der Waals surface area contributed by atoms with Crippen LogP contribution in [0.5, 0.6) is 5.75 Å². The maximum atomic E-state index is 9.02. The number of aromatic hydroxyl groups is 1. The quantitative estimate of drug-likeness (QED) is 0.750. The first-order valence-electron chi connectivity index (χ1n) is 4.65. The first-order valence-corrected chi connectivity index (χ1v) is 4.65. The Morgan fingerprint density at radius 2 is 1.79 bits per heavy atom. The van der Waals surface area contributed by atoms with Crippen LogP contribution in [0.1, 0.15) is 13.8 Å². The molecule has 0 aliphatic heterocycles. The van der Waals surface area contributed by atoms with Gasteiger partial charge in [-0.15, -0.1) is 0 Å². The summed E-state index contributed by atoms with van der Waals surface area (Å²) in [5, 5.41) is 13.1. The summed E-state index contributed by atoms with van der Waals surface area (Å²) >= 11 is 0. The van der Waals surface area contributed by atoms with Crippen LogP contribution in [-0.2, 0) is 0 Å². The van der Waals surface area contributed by atoms with E-state index >= 15 is 0 Å². The SMILES string of the molecule is CC.Oc1ccc(-n2cccn2)cc1. The molecule has 0 saturated heterocycles. The van der Waals surface area contributed by atoms with Crippen LogP contribution in [0.3, 0.4) is 0 Å². The largest absolute Gasteiger partial charge is 0.508 e. The highest BCUT2D eigenvalue weighted by Crippen LogP contribution is 2.12. The van der Waals surface area contributed by atoms with Crippen LogP contribution in [-0.4, -0.2) is 14.9 Å². The van der Waals surface area contributed by atoms with E-state index in [2.05, 4.69) is 5.10 Å². The molecule has 0 spiro atoms. The molecule has 14 heavy (non-hydrogen) atoms. The van der Waals surface area contributed by atoms with Crippen molar-refractivity contribution < 1.29 is 5.11 Å². The fourth-order valence-corrected chi connectivity index (χ4v) is 1.03. The summed E-state index contributed by atoms with van der Waals surface area (Å²) in [6.07, 6.45) is 3.57. The van der Waals surface area contributed by atoms with Gasteiger partial charge in [0.05, 0.1) is 5.69 Å². The molecule has 0 bridgehead atoms. The molecule has 1 aromatic carbocycles. The molecule has 0 aliphatic rings. The number of nitrogens with zero attached hydrogens (tertiary/aromatic N) is 2. The molecule has 2 aromatic rings. The third-order valence-electron chi connectivity index (χ3n) is 1.62. The Balaban J connectivity index is 0.000000461. The van der Waals surface area contributed by atoms with Gasteiger partial charge >= 0.3 is 0 Å². The van der Waals surface area contributed by atoms with Gasteiger partial charge in [-0.1, -0.05) is 13.8 Å². The van der Waals surface area contributed by atoms with Crippen LogP contribution in [0.25, 0.3) is 5.69 Å². The molecule has 1 aromatic heterocycles. The van der Waals surface area contributed by atoms with Gasteiger partial charge in [-0.2, -0.15) is 5.10 Å². The Kier molecular flexibility index (Phi) is 3.73. The van der Waals surface area contributed by atoms with Crippen molar-refractivity contribution in [2.75, 3.05) is 0 Å². The molecule has 0 amide bonds. The van der Waals surface area contributed by atoms with Crippen LogP contribution in [0.2, 0.25) is 0 Å². The predicted octanol–water partition coefficient (Wildman–Crippen LogP) is 2.60. The summed E-state index contributed by atoms with van der Waals surface area (Å²) in [6, 6.07) is 8.74. The Bertz CT molecular complexity index is 351. The van der Waals surface area contributed by atoms with Gasteiger partial charge < -0.3 is 5.11 Å². The smallest absolute Gasteiger partial charge is 0.115 e. The Labute approximate surface area is 83.6 Å². The molecule has 3 nitrogen and oxygen atoms in total. The lowest BCUT2D eigenvalue weighted by Gasteiger charge is -1.99. The average Bonchev–Trinajstić information content (AvgIpc) is 2.75. The van der Waals surface area contributed by atoms with E-state index in [-0.39, 0.29) is 5.75 Å². The lowest BCUT2D eigenvalue weighted by Crippen LogP contribution is -1.92. The summed E-state index contributed by atoms with van der Waals surface area (Å²) in [5.74, 6) is 0.269. The molecule has 0 radical (unpaired) electrons. The topological polar surface area (TPSA) is 38.0 Å². The average molecular weight is 190 g/mol. The highest BCUT2D eigenvalue weighted by atomic mass is 16.3. The lowest BCUT2D eigenvalue weighted by molar-refractivity contribution is 0.475. The predicted molar refractivity (Wildman–Crippen MR) is 56.6 cm³/mol. The molecular formula is C11H14N2O. The number of phenols is 1. The number of rotatable bonds is 1. The number of hydrogen-bond acceptors (Lipinski definition) is 2. The highest BCUT2D eigenvalue weighted by molar-refractivity contribution is 5.35. The molecule has 0 fully saturated rings. The third kappa shape index (κ3) is 2.36. The number of aromatic nitrogens is 2. The van der Waals surface area contributed by atoms with Crippen molar-refractivity contribution in [1.82, 2.24) is 9.78 Å². The van der Waals surface area contributed by atoms with E-state index in [4.69, 9.17) is 5.11 Å². The zero-order valence-electron chi connectivity index (χ0n) is 8.38. The molecule has 1 heterocycles. The van der Waals surface area contributed by atoms with Gasteiger partial charge in [-0.25, -0.2) is 4.68 Å². The summed E-state index contributed by atoms with van der Waals surface area (Å²) in [7, 11) is 0. The molecule has 1 N–H and O–H groups in total. The maximum absolute atomic E-state index is 9.02. The molecule has 0 atom stereocenters. The standard InChI is InChI=1S/C9H8N2O.C2H6/c12-9-4-2-8(3-5-9)11-7-1-6-10-11;1-2/h1-7,12H;1-2H3. The molecule has 0 saturated carbocycles. The summed E-state index contributed by atoms with van der Waals surface area (Å²) in [5.41, 5.74) is 0.942. The maximum Gasteiger partial charge on any atom is 0.115 e. The van der Waals surface area contributed by atoms with Crippen LogP contribution in [0, 0.1) is 0 Å². The first kappa shape index (κ1) is 10.3. The van der Waals surface area contributed by atoms with Crippen molar-refractivity contribution in [3.05, 3.63) is 42.7 Å². The minimum Gasteiger partial charge on any atom is -0.508 e. The van der Waals surface area contributed by atoms with Crippen molar-refractivity contribution in [3.63, 3.8) is 0 Å². The molecule has 74 valence electrons. The van der Waals surface area contributed by atoms with Crippen LogP contribution in [0.4, 0.5) is 0 Å². The number of hydrogen-bond donors (Lipinski definition) is 1. The fourth-order valence-electron chi connectivity index (χ4n) is 1.03. The fraction of sp³-hybridized carbons (Fsp3) is 0.182. The van der Waals surface area contributed by atoms with E-state index < -0.39 is 0 Å². The van der Waals surface area contributed by atoms with Crippen molar-refractivity contribution >= 4 is 0 Å². The van der Waals surface area contributed by atoms with Gasteiger partial charge in [0.2, 0.25) is 0 Å². The monoisotopic (exact) mass is 190 g/mol. The molecule has 2 rings (SSSR count). The van der Waals surface area contributed by atoms with E-state index in [1.54, 1.807) is 23.0 Å². The van der Waals surface area contributed by atoms with Crippen molar-refractivity contribution in [1.29, 1.82) is 0 Å². The van der Waals surface area contributed by atoms with E-state index in [0.717, 1.165) is 5.69 Å². The van der Waals surface area contributed by atoms with E-state index in [0.29, 0.717) is 0 Å². The van der Waals surface area contributed by atoms with Gasteiger partial charge in [-0.05, 0) is 30.3 Å². The Morgan fingerprint density at radius 3 is 2.29 bits per heavy atom. The van der Waals surface area contributed by atoms with Gasteiger partial charge in [0, 0.05) is 12.4 Å². The van der Waals surface area contributed by atoms with Gasteiger partial charge in [0.25, 0.3) is 0 Å². The molecule has 0 aliphatic carbocycles. The first-order chi connectivity index (χ1) is 6.86. The number of phenolic OH excluding ortho intramolecular Hbond substituents is 1. The van der Waals surface area contributed by atoms with Gasteiger partial charge in [-0.3, -0.25) is 0 Å². The van der Waals surface area contributed by atoms with E-state index in [9.17, 15) is 0 Å². The molecule has 3 heteroatoms. The summed E-state index contributed by atoms with van der Waals surface area (Å²) < 4.78 is 1.74. The second kappa shape index (κ2) is 5.07. The third-order valence-corrected chi connectivity index (χ3v) is 1.62. The second-order valence-electron chi connectivity index (χ2n) is 2.47. The Hall–Kier alpha value is -1.77. The minimum absolute atomic E-state index is 0.269. The van der Waals surface area contributed by atoms with Crippen LogP contribution < -0.4 is 0 Å². The number of benzene rings is 1. The van der Waals surface area contributed by atoms with E-state index in [1.165, 1.54) is 0 Å². The normalized spacial score (nSPS) is 9.00. The van der Waals surface area contributed by atoms with E-state index in [1.807, 2.05) is 38.2 Å². The van der Waals surface area contributed by atoms with Crippen molar-refractivity contribution in [2.45, 2.75) is 13.8 Å². The van der Waals surface area contributed by atoms with Gasteiger partial charge in [0.15, 0.2) is 0 Å². The molecular weight excluding hydrogens is 176 g/mol. The summed E-state index contributed by atoms with van der Waals surface area (Å²) in [4.78, 5) is 0. The van der Waals surface area contributed by atoms with Gasteiger partial charge in [0.1, 0.15) is 5.75 Å². The van der Waals surface area contributed by atoms with Crippen LogP contribution >= 0.6 is 0 Å². The Morgan fingerprint density at radius 1 is 1.14 bits per heavy atom. The van der Waals surface area contributed by atoms with Crippen LogP contribution in [0.15, 0.2) is 42.7 Å².